The van der Waals surface area contributed by atoms with E-state index >= 15 is 0 Å². The summed E-state index contributed by atoms with van der Waals surface area (Å²) >= 11 is 1.22. The minimum Gasteiger partial charge on any atom is -0.322 e. The second-order valence-electron chi connectivity index (χ2n) is 3.08. The molecule has 3 N–H and O–H groups in total. The average molecular weight is 273 g/mol. The van der Waals surface area contributed by atoms with Crippen molar-refractivity contribution in [2.75, 3.05) is 5.32 Å². The van der Waals surface area contributed by atoms with Gasteiger partial charge in [0.15, 0.2) is 0 Å². The fraction of sp³-hybridized carbons (Fsp3) is 0.455. The Morgan fingerprint density at radius 1 is 1.61 bits per heavy atom. The predicted molar refractivity (Wildman–Crippen MR) is 72.5 cm³/mol. The molecule has 0 spiro atoms. The first-order valence-corrected chi connectivity index (χ1v) is 6.45. The normalized spacial score (nSPS) is 10.8. The molecule has 102 valence electrons. The Labute approximate surface area is 111 Å². The first kappa shape index (κ1) is 16.4. The summed E-state index contributed by atoms with van der Waals surface area (Å²) in [7, 11) is 0. The minimum absolute atomic E-state index is 0. The molecule has 0 aliphatic carbocycles. The van der Waals surface area contributed by atoms with Crippen LogP contribution in [0.5, 0.6) is 0 Å². The zero-order valence-electron chi connectivity index (χ0n) is 10.4. The zero-order valence-corrected chi connectivity index (χ0v) is 11.2. The Balaban J connectivity index is 0. The van der Waals surface area contributed by atoms with Gasteiger partial charge in [0.2, 0.25) is 5.78 Å². The number of thiazole rings is 1. The molecule has 0 aromatic carbocycles. The van der Waals surface area contributed by atoms with Gasteiger partial charge in [-0.3, -0.25) is 14.6 Å². The van der Waals surface area contributed by atoms with Crippen LogP contribution >= 0.6 is 11.3 Å². The first-order chi connectivity index (χ1) is 8.63. The van der Waals surface area contributed by atoms with E-state index in [0.29, 0.717) is 11.3 Å². The summed E-state index contributed by atoms with van der Waals surface area (Å²) in [5.74, 6) is -1.30. The zero-order chi connectivity index (χ0) is 14.0. The van der Waals surface area contributed by atoms with Crippen LogP contribution in [0.1, 0.15) is 28.1 Å². The van der Waals surface area contributed by atoms with Gasteiger partial charge in [-0.15, -0.1) is 11.3 Å². The predicted octanol–water partition coefficient (Wildman–Crippen LogP) is 1.23. The van der Waals surface area contributed by atoms with Crippen LogP contribution < -0.4 is 11.1 Å². The molecule has 0 saturated heterocycles. The van der Waals surface area contributed by atoms with E-state index in [4.69, 9.17) is 5.73 Å². The van der Waals surface area contributed by atoms with Crippen molar-refractivity contribution in [1.29, 1.82) is 0 Å². The highest BCUT2D eigenvalue weighted by Gasteiger charge is 2.15. The Hall–Kier alpha value is -1.60. The lowest BCUT2D eigenvalue weighted by Crippen LogP contribution is -2.27. The van der Waals surface area contributed by atoms with Crippen LogP contribution in [-0.2, 0) is 14.4 Å². The second-order valence-corrected chi connectivity index (χ2v) is 3.97. The van der Waals surface area contributed by atoms with Gasteiger partial charge < -0.3 is 15.8 Å². The summed E-state index contributed by atoms with van der Waals surface area (Å²) in [4.78, 5) is 36.5. The lowest BCUT2D eigenvalue weighted by Gasteiger charge is -2.03. The van der Waals surface area contributed by atoms with E-state index in [1.54, 1.807) is 5.51 Å². The third kappa shape index (κ3) is 6.21. The maximum Gasteiger partial charge on any atom is 0.292 e. The molecule has 0 fully saturated rings. The maximum absolute atomic E-state index is 11.3. The standard InChI is InChI=1S/C9H11N3O3S.C2H6.H2/c10-6(4-13)1-2-7(14)9(15)12-8-3-11-5-16-8;1-2;/h3-6H,1-2,10H2,(H,12,15);1-2H3;1H/t6-;;/m0../s1. The number of carbonyl (C=O) groups excluding carboxylic acids is 3. The quantitative estimate of drug-likeness (QED) is 0.599. The molecule has 0 bridgehead atoms. The fourth-order valence-electron chi connectivity index (χ4n) is 0.938. The molecule has 0 saturated carbocycles. The topological polar surface area (TPSA) is 102 Å². The largest absolute Gasteiger partial charge is 0.322 e. The van der Waals surface area contributed by atoms with Crippen molar-refractivity contribution in [2.45, 2.75) is 32.7 Å². The molecule has 6 nitrogen and oxygen atoms in total. The average Bonchev–Trinajstić information content (AvgIpc) is 2.90. The van der Waals surface area contributed by atoms with E-state index < -0.39 is 17.7 Å². The van der Waals surface area contributed by atoms with Crippen LogP contribution in [0.4, 0.5) is 5.00 Å². The summed E-state index contributed by atoms with van der Waals surface area (Å²) < 4.78 is 0. The number of hydrogen-bond acceptors (Lipinski definition) is 6. The van der Waals surface area contributed by atoms with Gasteiger partial charge in [-0.05, 0) is 6.42 Å². The highest BCUT2D eigenvalue weighted by Crippen LogP contribution is 2.12. The molecule has 0 aliphatic rings. The van der Waals surface area contributed by atoms with E-state index in [0.717, 1.165) is 0 Å². The monoisotopic (exact) mass is 273 g/mol. The number of aldehydes is 1. The third-order valence-electron chi connectivity index (χ3n) is 1.80. The number of rotatable bonds is 6. The summed E-state index contributed by atoms with van der Waals surface area (Å²) in [6.07, 6.45) is 2.14. The smallest absolute Gasteiger partial charge is 0.292 e. The second kappa shape index (κ2) is 9.43. The van der Waals surface area contributed by atoms with Gasteiger partial charge in [0.25, 0.3) is 5.91 Å². The Morgan fingerprint density at radius 3 is 2.78 bits per heavy atom. The maximum atomic E-state index is 11.3. The van der Waals surface area contributed by atoms with E-state index in [9.17, 15) is 14.4 Å². The summed E-state index contributed by atoms with van der Waals surface area (Å²) in [5, 5.41) is 2.91. The van der Waals surface area contributed by atoms with Crippen molar-refractivity contribution >= 4 is 34.3 Å². The Kier molecular flexibility index (Phi) is 8.59. The molecule has 0 unspecified atom stereocenters. The molecular formula is C11H19N3O3S. The van der Waals surface area contributed by atoms with Crippen molar-refractivity contribution in [3.63, 3.8) is 0 Å². The number of anilines is 1. The number of amides is 1. The lowest BCUT2D eigenvalue weighted by atomic mass is 10.1. The number of nitrogens with one attached hydrogen (secondary N) is 1. The molecule has 1 aromatic heterocycles. The van der Waals surface area contributed by atoms with Gasteiger partial charge >= 0.3 is 0 Å². The SMILES string of the molecule is CC.N[C@H](C=O)CCC(=O)C(=O)Nc1cncs1.[HH]. The fourth-order valence-corrected chi connectivity index (χ4v) is 1.45. The van der Waals surface area contributed by atoms with E-state index in [2.05, 4.69) is 10.3 Å². The van der Waals surface area contributed by atoms with E-state index in [-0.39, 0.29) is 14.3 Å². The molecule has 7 heteroatoms. The summed E-state index contributed by atoms with van der Waals surface area (Å²) in [6, 6.07) is -0.694. The highest BCUT2D eigenvalue weighted by molar-refractivity contribution is 7.14. The van der Waals surface area contributed by atoms with Crippen molar-refractivity contribution < 1.29 is 15.8 Å². The van der Waals surface area contributed by atoms with Crippen LogP contribution in [0.25, 0.3) is 0 Å². The number of nitrogens with zero attached hydrogens (tertiary/aromatic N) is 1. The Morgan fingerprint density at radius 2 is 2.28 bits per heavy atom. The number of carbonyl (C=O) groups is 3. The number of ketones is 1. The van der Waals surface area contributed by atoms with Crippen molar-refractivity contribution in [3.05, 3.63) is 11.7 Å². The van der Waals surface area contributed by atoms with Gasteiger partial charge in [0.1, 0.15) is 11.3 Å². The van der Waals surface area contributed by atoms with Crippen LogP contribution in [0, 0.1) is 0 Å². The van der Waals surface area contributed by atoms with Crippen molar-refractivity contribution in [3.8, 4) is 0 Å². The third-order valence-corrected chi connectivity index (χ3v) is 2.49. The van der Waals surface area contributed by atoms with Crippen LogP contribution in [0.2, 0.25) is 0 Å². The summed E-state index contributed by atoms with van der Waals surface area (Å²) in [6.45, 7) is 4.00. The van der Waals surface area contributed by atoms with Crippen LogP contribution in [0.3, 0.4) is 0 Å². The molecule has 1 aromatic rings. The van der Waals surface area contributed by atoms with Gasteiger partial charge in [-0.25, -0.2) is 0 Å². The Bertz CT molecular complexity index is 385. The molecule has 18 heavy (non-hydrogen) atoms. The highest BCUT2D eigenvalue weighted by atomic mass is 32.1. The molecule has 0 radical (unpaired) electrons. The summed E-state index contributed by atoms with van der Waals surface area (Å²) in [5.41, 5.74) is 6.84. The van der Waals surface area contributed by atoms with Gasteiger partial charge in [0.05, 0.1) is 17.7 Å². The molecule has 1 atom stereocenters. The van der Waals surface area contributed by atoms with E-state index in [1.807, 2.05) is 13.8 Å². The minimum atomic E-state index is -0.706. The van der Waals surface area contributed by atoms with E-state index in [1.165, 1.54) is 17.5 Å². The molecule has 1 rings (SSSR count). The van der Waals surface area contributed by atoms with Gasteiger partial charge in [-0.1, -0.05) is 13.8 Å². The number of nitrogens with two attached hydrogens (primary N) is 1. The molecule has 1 amide bonds. The molecule has 1 heterocycles. The van der Waals surface area contributed by atoms with Crippen molar-refractivity contribution in [2.24, 2.45) is 5.73 Å². The van der Waals surface area contributed by atoms with Crippen LogP contribution in [0.15, 0.2) is 11.7 Å². The van der Waals surface area contributed by atoms with Crippen molar-refractivity contribution in [1.82, 2.24) is 4.98 Å². The van der Waals surface area contributed by atoms with Gasteiger partial charge in [0, 0.05) is 7.85 Å². The number of hydrogen-bond donors (Lipinski definition) is 2. The molecular weight excluding hydrogens is 254 g/mol. The van der Waals surface area contributed by atoms with Gasteiger partial charge in [-0.2, -0.15) is 0 Å². The lowest BCUT2D eigenvalue weighted by molar-refractivity contribution is -0.134. The number of aromatic nitrogens is 1. The first-order valence-electron chi connectivity index (χ1n) is 5.57. The molecule has 0 aliphatic heterocycles. The number of Topliss-reactive ketones (excluding diaryl/α,β-unsaturated/α-hetero) is 1. The van der Waals surface area contributed by atoms with Crippen LogP contribution in [-0.4, -0.2) is 29.0 Å².